The molecule has 0 amide bonds. The predicted molar refractivity (Wildman–Crippen MR) is 85.7 cm³/mol. The van der Waals surface area contributed by atoms with E-state index in [4.69, 9.17) is 4.74 Å². The lowest BCUT2D eigenvalue weighted by Crippen LogP contribution is -2.69. The Labute approximate surface area is 141 Å². The fraction of sp³-hybridized carbons (Fsp3) is 0.714. The first-order valence-electron chi connectivity index (χ1n) is 7.96. The molecule has 4 rings (SSSR count). The molecule has 8 nitrogen and oxygen atoms in total. The lowest BCUT2D eigenvalue weighted by Gasteiger charge is -2.48. The van der Waals surface area contributed by atoms with Crippen LogP contribution in [0.1, 0.15) is 19.3 Å². The van der Waals surface area contributed by atoms with Crippen molar-refractivity contribution in [2.75, 3.05) is 25.4 Å². The maximum atomic E-state index is 12.5. The van der Waals surface area contributed by atoms with Gasteiger partial charge < -0.3 is 4.74 Å². The Kier molecular flexibility index (Phi) is 3.63. The van der Waals surface area contributed by atoms with Gasteiger partial charge in [0.05, 0.1) is 17.6 Å². The van der Waals surface area contributed by atoms with Crippen LogP contribution in [0, 0.1) is 5.92 Å². The molecular formula is C14H19N3O5S2. The molecule has 1 saturated carbocycles. The van der Waals surface area contributed by atoms with E-state index in [1.165, 1.54) is 4.31 Å². The van der Waals surface area contributed by atoms with Crippen LogP contribution in [0.5, 0.6) is 6.01 Å². The highest BCUT2D eigenvalue weighted by molar-refractivity contribution is 7.93. The van der Waals surface area contributed by atoms with Gasteiger partial charge in [-0.15, -0.1) is 0 Å². The van der Waals surface area contributed by atoms with Crippen molar-refractivity contribution in [3.63, 3.8) is 0 Å². The molecule has 10 heteroatoms. The summed E-state index contributed by atoms with van der Waals surface area (Å²) in [5.41, 5.74) is 0. The van der Waals surface area contributed by atoms with Gasteiger partial charge in [-0.3, -0.25) is 0 Å². The average Bonchev–Trinajstić information content (AvgIpc) is 3.30. The smallest absolute Gasteiger partial charge is 0.316 e. The van der Waals surface area contributed by atoms with Crippen LogP contribution in [0.3, 0.4) is 0 Å². The van der Waals surface area contributed by atoms with Gasteiger partial charge in [-0.1, -0.05) is 0 Å². The number of sulfone groups is 1. The topological polar surface area (TPSA) is 107 Å². The van der Waals surface area contributed by atoms with E-state index in [2.05, 4.69) is 9.97 Å². The number of ether oxygens (including phenoxy) is 1. The van der Waals surface area contributed by atoms with Gasteiger partial charge >= 0.3 is 6.01 Å². The van der Waals surface area contributed by atoms with E-state index in [0.29, 0.717) is 19.3 Å². The molecule has 3 fully saturated rings. The highest BCUT2D eigenvalue weighted by Gasteiger charge is 2.65. The Morgan fingerprint density at radius 2 is 1.88 bits per heavy atom. The summed E-state index contributed by atoms with van der Waals surface area (Å²) in [4.78, 5) is 7.93. The molecule has 2 aliphatic heterocycles. The molecule has 3 heterocycles. The van der Waals surface area contributed by atoms with Gasteiger partial charge in [0.1, 0.15) is 4.75 Å². The summed E-state index contributed by atoms with van der Waals surface area (Å²) in [5, 5.41) is -0.314. The number of aromatic nitrogens is 2. The molecule has 1 aromatic rings. The standard InChI is InChI=1S/C14H19N3O5S2/c18-23(19)7-4-11(8-22-13-15-5-1-6-16-13)14(23)9-17(10-14)24(20,21)12-2-3-12/h1,5-6,11-12H,2-4,7-10H2/t11-/m1/s1. The molecule has 2 saturated heterocycles. The van der Waals surface area contributed by atoms with E-state index < -0.39 is 24.6 Å². The predicted octanol–water partition coefficient (Wildman–Crippen LogP) is -0.163. The normalized spacial score (nSPS) is 28.6. The number of hydrogen-bond donors (Lipinski definition) is 0. The van der Waals surface area contributed by atoms with Gasteiger partial charge in [0.15, 0.2) is 9.84 Å². The number of rotatable bonds is 5. The maximum absolute atomic E-state index is 12.5. The Morgan fingerprint density at radius 3 is 2.50 bits per heavy atom. The second kappa shape index (κ2) is 5.37. The van der Waals surface area contributed by atoms with Crippen molar-refractivity contribution < 1.29 is 21.6 Å². The fourth-order valence-corrected chi connectivity index (χ4v) is 8.09. The second-order valence-corrected chi connectivity index (χ2v) is 11.4. The zero-order valence-corrected chi connectivity index (χ0v) is 14.7. The molecule has 24 heavy (non-hydrogen) atoms. The molecule has 0 bridgehead atoms. The Hall–Kier alpha value is -1.26. The third-order valence-corrected chi connectivity index (χ3v) is 10.1. The van der Waals surface area contributed by atoms with E-state index in [1.54, 1.807) is 18.5 Å². The van der Waals surface area contributed by atoms with E-state index in [0.717, 1.165) is 0 Å². The third-order valence-electron chi connectivity index (χ3n) is 5.25. The lowest BCUT2D eigenvalue weighted by molar-refractivity contribution is 0.120. The Morgan fingerprint density at radius 1 is 1.21 bits per heavy atom. The second-order valence-electron chi connectivity index (χ2n) is 6.72. The summed E-state index contributed by atoms with van der Waals surface area (Å²) in [6.07, 6.45) is 4.94. The first-order valence-corrected chi connectivity index (χ1v) is 11.1. The molecule has 1 spiro atoms. The monoisotopic (exact) mass is 373 g/mol. The minimum absolute atomic E-state index is 0.0534. The number of hydrogen-bond acceptors (Lipinski definition) is 7. The van der Waals surface area contributed by atoms with Crippen LogP contribution >= 0.6 is 0 Å². The van der Waals surface area contributed by atoms with Crippen molar-refractivity contribution in [1.82, 2.24) is 14.3 Å². The maximum Gasteiger partial charge on any atom is 0.316 e. The van der Waals surface area contributed by atoms with Crippen LogP contribution in [0.2, 0.25) is 0 Å². The number of sulfonamides is 1. The molecule has 0 unspecified atom stereocenters. The van der Waals surface area contributed by atoms with Crippen LogP contribution in [0.15, 0.2) is 18.5 Å². The van der Waals surface area contributed by atoms with E-state index in [9.17, 15) is 16.8 Å². The quantitative estimate of drug-likeness (QED) is 0.706. The molecule has 132 valence electrons. The Balaban J connectivity index is 1.49. The molecule has 0 radical (unpaired) electrons. The summed E-state index contributed by atoms with van der Waals surface area (Å²) < 4.78 is 55.5. The van der Waals surface area contributed by atoms with E-state index in [-0.39, 0.29) is 42.6 Å². The van der Waals surface area contributed by atoms with Gasteiger partial charge in [0.25, 0.3) is 0 Å². The molecule has 1 atom stereocenters. The van der Waals surface area contributed by atoms with Crippen LogP contribution in [-0.2, 0) is 19.9 Å². The van der Waals surface area contributed by atoms with Crippen LogP contribution in [0.4, 0.5) is 0 Å². The van der Waals surface area contributed by atoms with Crippen LogP contribution in [0.25, 0.3) is 0 Å². The first kappa shape index (κ1) is 16.2. The number of nitrogens with zero attached hydrogens (tertiary/aromatic N) is 3. The first-order chi connectivity index (χ1) is 11.4. The average molecular weight is 373 g/mol. The van der Waals surface area contributed by atoms with Crippen molar-refractivity contribution >= 4 is 19.9 Å². The van der Waals surface area contributed by atoms with Gasteiger partial charge in [-0.2, -0.15) is 4.31 Å². The van der Waals surface area contributed by atoms with Crippen LogP contribution < -0.4 is 4.74 Å². The van der Waals surface area contributed by atoms with Crippen molar-refractivity contribution in [3.8, 4) is 6.01 Å². The summed E-state index contributed by atoms with van der Waals surface area (Å²) in [6.45, 7) is 0.288. The molecule has 3 aliphatic rings. The summed E-state index contributed by atoms with van der Waals surface area (Å²) in [7, 11) is -6.66. The summed E-state index contributed by atoms with van der Waals surface area (Å²) >= 11 is 0. The van der Waals surface area contributed by atoms with Crippen molar-refractivity contribution in [2.24, 2.45) is 5.92 Å². The highest BCUT2D eigenvalue weighted by atomic mass is 32.2. The van der Waals surface area contributed by atoms with Crippen LogP contribution in [-0.4, -0.2) is 66.6 Å². The van der Waals surface area contributed by atoms with E-state index >= 15 is 0 Å². The van der Waals surface area contributed by atoms with Gasteiger partial charge in [0, 0.05) is 31.4 Å². The van der Waals surface area contributed by atoms with Gasteiger partial charge in [-0.05, 0) is 25.3 Å². The molecule has 0 N–H and O–H groups in total. The molecule has 1 aromatic heterocycles. The van der Waals surface area contributed by atoms with Crippen molar-refractivity contribution in [3.05, 3.63) is 18.5 Å². The summed E-state index contributed by atoms with van der Waals surface area (Å²) in [5.74, 6) is -0.162. The largest absolute Gasteiger partial charge is 0.463 e. The summed E-state index contributed by atoms with van der Waals surface area (Å²) in [6, 6.07) is 1.87. The van der Waals surface area contributed by atoms with Crippen molar-refractivity contribution in [1.29, 1.82) is 0 Å². The molecular weight excluding hydrogens is 354 g/mol. The zero-order chi connectivity index (χ0) is 17.0. The minimum Gasteiger partial charge on any atom is -0.463 e. The minimum atomic E-state index is -3.33. The lowest BCUT2D eigenvalue weighted by atomic mass is 9.85. The van der Waals surface area contributed by atoms with Gasteiger partial charge in [0.2, 0.25) is 10.0 Å². The SMILES string of the molecule is O=S(=O)(C1CC1)N1CC2(C1)[C@@H](COc1ncccn1)CCS2(=O)=O. The van der Waals surface area contributed by atoms with Crippen molar-refractivity contribution in [2.45, 2.75) is 29.3 Å². The third kappa shape index (κ3) is 2.42. The highest BCUT2D eigenvalue weighted by Crippen LogP contribution is 2.47. The fourth-order valence-electron chi connectivity index (χ4n) is 3.55. The van der Waals surface area contributed by atoms with E-state index in [1.807, 2.05) is 0 Å². The van der Waals surface area contributed by atoms with Gasteiger partial charge in [-0.25, -0.2) is 26.8 Å². The Bertz CT molecular complexity index is 830. The molecule has 0 aromatic carbocycles. The molecule has 1 aliphatic carbocycles. The zero-order valence-electron chi connectivity index (χ0n) is 13.0.